The number of nitrogens with one attached hydrogen (secondary N) is 1. The van der Waals surface area contributed by atoms with Crippen LogP contribution < -0.4 is 5.32 Å². The van der Waals surface area contributed by atoms with Gasteiger partial charge >= 0.3 is 0 Å². The highest BCUT2D eigenvalue weighted by Crippen LogP contribution is 2.22. The Labute approximate surface area is 130 Å². The van der Waals surface area contributed by atoms with E-state index in [4.69, 9.17) is 9.47 Å². The molecule has 0 aliphatic carbocycles. The van der Waals surface area contributed by atoms with Gasteiger partial charge in [0.2, 0.25) is 0 Å². The van der Waals surface area contributed by atoms with Gasteiger partial charge in [0.25, 0.3) is 0 Å². The summed E-state index contributed by atoms with van der Waals surface area (Å²) in [5.41, 5.74) is 2.26. The summed E-state index contributed by atoms with van der Waals surface area (Å²) in [6, 6.07) is 0.397. The standard InChI is InChI=1S/C14H26BrN3O2/c1-5-16-12(6-7-20-9-8-19-4)10-13-14(15)11(2)17-18(13)3/h12,16H,5-10H2,1-4H3. The van der Waals surface area contributed by atoms with Crippen molar-refractivity contribution in [3.63, 3.8) is 0 Å². The lowest BCUT2D eigenvalue weighted by Crippen LogP contribution is -2.33. The minimum absolute atomic E-state index is 0.397. The van der Waals surface area contributed by atoms with Crippen LogP contribution in [0, 0.1) is 6.92 Å². The third-order valence-corrected chi connectivity index (χ3v) is 4.27. The third kappa shape index (κ3) is 5.52. The fourth-order valence-electron chi connectivity index (χ4n) is 2.17. The van der Waals surface area contributed by atoms with E-state index in [2.05, 4.69) is 33.3 Å². The van der Waals surface area contributed by atoms with Gasteiger partial charge in [0, 0.05) is 33.2 Å². The molecular weight excluding hydrogens is 322 g/mol. The van der Waals surface area contributed by atoms with Crippen molar-refractivity contribution in [3.05, 3.63) is 15.9 Å². The smallest absolute Gasteiger partial charge is 0.0738 e. The first-order chi connectivity index (χ1) is 9.60. The molecule has 1 N–H and O–H groups in total. The van der Waals surface area contributed by atoms with Crippen LogP contribution >= 0.6 is 15.9 Å². The van der Waals surface area contributed by atoms with Crippen LogP contribution in [0.2, 0.25) is 0 Å². The van der Waals surface area contributed by atoms with Crippen LogP contribution in [0.1, 0.15) is 24.7 Å². The van der Waals surface area contributed by atoms with Crippen LogP contribution in [0.5, 0.6) is 0 Å². The van der Waals surface area contributed by atoms with Gasteiger partial charge in [-0.25, -0.2) is 0 Å². The van der Waals surface area contributed by atoms with Gasteiger partial charge in [0.1, 0.15) is 0 Å². The Morgan fingerprint density at radius 2 is 2.10 bits per heavy atom. The van der Waals surface area contributed by atoms with Crippen molar-refractivity contribution in [1.29, 1.82) is 0 Å². The molecule has 6 heteroatoms. The van der Waals surface area contributed by atoms with Gasteiger partial charge in [0.15, 0.2) is 0 Å². The van der Waals surface area contributed by atoms with E-state index in [0.717, 1.165) is 36.2 Å². The van der Waals surface area contributed by atoms with E-state index >= 15 is 0 Å². The van der Waals surface area contributed by atoms with Gasteiger partial charge in [-0.2, -0.15) is 5.10 Å². The van der Waals surface area contributed by atoms with E-state index in [9.17, 15) is 0 Å². The van der Waals surface area contributed by atoms with Gasteiger partial charge in [-0.15, -0.1) is 0 Å². The van der Waals surface area contributed by atoms with Crippen molar-refractivity contribution in [2.24, 2.45) is 7.05 Å². The van der Waals surface area contributed by atoms with Crippen LogP contribution in [0.25, 0.3) is 0 Å². The zero-order chi connectivity index (χ0) is 15.0. The van der Waals surface area contributed by atoms with Gasteiger partial charge in [-0.3, -0.25) is 4.68 Å². The highest BCUT2D eigenvalue weighted by atomic mass is 79.9. The Morgan fingerprint density at radius 3 is 2.65 bits per heavy atom. The quantitative estimate of drug-likeness (QED) is 0.658. The van der Waals surface area contributed by atoms with E-state index in [1.165, 1.54) is 5.69 Å². The number of nitrogens with zero attached hydrogens (tertiary/aromatic N) is 2. The fraction of sp³-hybridized carbons (Fsp3) is 0.786. The van der Waals surface area contributed by atoms with E-state index in [1.54, 1.807) is 7.11 Å². The summed E-state index contributed by atoms with van der Waals surface area (Å²) in [7, 11) is 3.68. The number of hydrogen-bond acceptors (Lipinski definition) is 4. The molecule has 1 heterocycles. The van der Waals surface area contributed by atoms with E-state index in [-0.39, 0.29) is 0 Å². The second-order valence-corrected chi connectivity index (χ2v) is 5.62. The maximum Gasteiger partial charge on any atom is 0.0738 e. The minimum atomic E-state index is 0.397. The van der Waals surface area contributed by atoms with Crippen LogP contribution in [-0.4, -0.2) is 49.3 Å². The first-order valence-corrected chi connectivity index (χ1v) is 7.87. The van der Waals surface area contributed by atoms with Crippen molar-refractivity contribution in [3.8, 4) is 0 Å². The molecular formula is C14H26BrN3O2. The Hall–Kier alpha value is -0.430. The van der Waals surface area contributed by atoms with E-state index in [0.29, 0.717) is 19.3 Å². The van der Waals surface area contributed by atoms with Gasteiger partial charge in [-0.1, -0.05) is 6.92 Å². The fourth-order valence-corrected chi connectivity index (χ4v) is 2.67. The van der Waals surface area contributed by atoms with Gasteiger partial charge in [-0.05, 0) is 35.8 Å². The molecule has 5 nitrogen and oxygen atoms in total. The molecule has 116 valence electrons. The molecule has 0 amide bonds. The van der Waals surface area contributed by atoms with Crippen LogP contribution in [0.15, 0.2) is 4.47 Å². The lowest BCUT2D eigenvalue weighted by Gasteiger charge is -2.18. The Bertz CT molecular complexity index is 396. The number of halogens is 1. The lowest BCUT2D eigenvalue weighted by atomic mass is 10.1. The van der Waals surface area contributed by atoms with Crippen molar-refractivity contribution in [1.82, 2.24) is 15.1 Å². The Balaban J connectivity index is 2.49. The summed E-state index contributed by atoms with van der Waals surface area (Å²) in [6.07, 6.45) is 1.92. The largest absolute Gasteiger partial charge is 0.382 e. The number of aryl methyl sites for hydroxylation is 2. The molecule has 0 fully saturated rings. The number of likely N-dealkylation sites (N-methyl/N-ethyl adjacent to an activating group) is 1. The molecule has 1 aromatic heterocycles. The number of rotatable bonds is 10. The van der Waals surface area contributed by atoms with E-state index < -0.39 is 0 Å². The first-order valence-electron chi connectivity index (χ1n) is 7.08. The monoisotopic (exact) mass is 347 g/mol. The van der Waals surface area contributed by atoms with Crippen LogP contribution in [0.3, 0.4) is 0 Å². The Morgan fingerprint density at radius 1 is 1.35 bits per heavy atom. The highest BCUT2D eigenvalue weighted by molar-refractivity contribution is 9.10. The summed E-state index contributed by atoms with van der Waals surface area (Å²) >= 11 is 3.62. The van der Waals surface area contributed by atoms with E-state index in [1.807, 2.05) is 18.7 Å². The number of hydrogen-bond donors (Lipinski definition) is 1. The highest BCUT2D eigenvalue weighted by Gasteiger charge is 2.16. The van der Waals surface area contributed by atoms with Crippen molar-refractivity contribution in [2.45, 2.75) is 32.7 Å². The van der Waals surface area contributed by atoms with Crippen molar-refractivity contribution >= 4 is 15.9 Å². The average Bonchev–Trinajstić information content (AvgIpc) is 2.65. The number of ether oxygens (including phenoxy) is 2. The predicted molar refractivity (Wildman–Crippen MR) is 84.1 cm³/mol. The normalized spacial score (nSPS) is 12.8. The molecule has 0 radical (unpaired) electrons. The molecule has 0 aliphatic rings. The van der Waals surface area contributed by atoms with Crippen LogP contribution in [-0.2, 0) is 22.9 Å². The van der Waals surface area contributed by atoms with Crippen LogP contribution in [0.4, 0.5) is 0 Å². The topological polar surface area (TPSA) is 48.3 Å². The molecule has 0 saturated heterocycles. The molecule has 0 bridgehead atoms. The summed E-state index contributed by atoms with van der Waals surface area (Å²) in [5, 5.41) is 7.95. The number of aromatic nitrogens is 2. The minimum Gasteiger partial charge on any atom is -0.382 e. The zero-order valence-corrected chi connectivity index (χ0v) is 14.5. The molecule has 20 heavy (non-hydrogen) atoms. The SMILES string of the molecule is CCNC(CCOCCOC)Cc1c(Br)c(C)nn1C. The first kappa shape index (κ1) is 17.6. The number of methoxy groups -OCH3 is 1. The molecule has 0 saturated carbocycles. The second kappa shape index (κ2) is 9.50. The Kier molecular flexibility index (Phi) is 8.37. The summed E-state index contributed by atoms with van der Waals surface area (Å²) in [6.45, 7) is 7.15. The van der Waals surface area contributed by atoms with Gasteiger partial charge < -0.3 is 14.8 Å². The summed E-state index contributed by atoms with van der Waals surface area (Å²) < 4.78 is 13.6. The zero-order valence-electron chi connectivity index (χ0n) is 12.9. The summed E-state index contributed by atoms with van der Waals surface area (Å²) in [4.78, 5) is 0. The van der Waals surface area contributed by atoms with Crippen molar-refractivity contribution < 1.29 is 9.47 Å². The predicted octanol–water partition coefficient (Wildman–Crippen LogP) is 2.06. The molecule has 0 aromatic carbocycles. The lowest BCUT2D eigenvalue weighted by molar-refractivity contribution is 0.0658. The molecule has 1 unspecified atom stereocenters. The second-order valence-electron chi connectivity index (χ2n) is 4.82. The third-order valence-electron chi connectivity index (χ3n) is 3.24. The molecule has 0 spiro atoms. The molecule has 1 rings (SSSR count). The summed E-state index contributed by atoms with van der Waals surface area (Å²) in [5.74, 6) is 0. The maximum absolute atomic E-state index is 5.56. The molecule has 0 aliphatic heterocycles. The van der Waals surface area contributed by atoms with Crippen molar-refractivity contribution in [2.75, 3.05) is 33.5 Å². The average molecular weight is 348 g/mol. The van der Waals surface area contributed by atoms with Gasteiger partial charge in [0.05, 0.1) is 29.1 Å². The molecule has 1 aromatic rings. The maximum atomic E-state index is 5.56. The molecule has 1 atom stereocenters.